The topological polar surface area (TPSA) is 51.7 Å². The molecule has 5 nitrogen and oxygen atoms in total. The van der Waals surface area contributed by atoms with Gasteiger partial charge < -0.3 is 14.4 Å². The van der Waals surface area contributed by atoms with E-state index in [4.69, 9.17) is 9.47 Å². The molecule has 3 aromatic carbocycles. The predicted octanol–water partition coefficient (Wildman–Crippen LogP) is 6.29. The first-order valence-electron chi connectivity index (χ1n) is 12.5. The number of rotatable bonds is 9. The van der Waals surface area contributed by atoms with E-state index in [-0.39, 0.29) is 17.8 Å². The lowest BCUT2D eigenvalue weighted by Gasteiger charge is -2.26. The van der Waals surface area contributed by atoms with E-state index in [9.17, 15) is 9.18 Å². The van der Waals surface area contributed by atoms with Crippen molar-refractivity contribution in [2.45, 2.75) is 32.1 Å². The normalized spacial score (nSPS) is 14.9. The average Bonchev–Trinajstić information content (AvgIpc) is 3.46. The fourth-order valence-electron chi connectivity index (χ4n) is 4.50. The summed E-state index contributed by atoms with van der Waals surface area (Å²) in [4.78, 5) is 19.6. The molecule has 0 bridgehead atoms. The van der Waals surface area contributed by atoms with Crippen molar-refractivity contribution in [3.63, 3.8) is 0 Å². The van der Waals surface area contributed by atoms with E-state index in [1.807, 2.05) is 71.6 Å². The van der Waals surface area contributed by atoms with Gasteiger partial charge >= 0.3 is 0 Å². The van der Waals surface area contributed by atoms with Crippen LogP contribution in [0.5, 0.6) is 5.75 Å². The Kier molecular flexibility index (Phi) is 7.87. The molecule has 4 aromatic rings. The zero-order valence-corrected chi connectivity index (χ0v) is 20.6. The Bertz CT molecular complexity index is 1320. The minimum Gasteiger partial charge on any atom is -0.489 e. The minimum atomic E-state index is -0.304. The van der Waals surface area contributed by atoms with Crippen LogP contribution in [0.1, 0.15) is 34.3 Å². The van der Waals surface area contributed by atoms with Gasteiger partial charge in [-0.25, -0.2) is 4.39 Å². The van der Waals surface area contributed by atoms with Crippen LogP contribution in [0, 0.1) is 5.82 Å². The van der Waals surface area contributed by atoms with Gasteiger partial charge in [-0.15, -0.1) is 0 Å². The molecule has 0 saturated carbocycles. The molecule has 1 fully saturated rings. The summed E-state index contributed by atoms with van der Waals surface area (Å²) in [6.45, 7) is 2.14. The molecular weight excluding hydrogens is 467 g/mol. The number of pyridine rings is 1. The minimum absolute atomic E-state index is 0.0254. The number of aromatic nitrogens is 1. The smallest absolute Gasteiger partial charge is 0.254 e. The highest BCUT2D eigenvalue weighted by Crippen LogP contribution is 2.24. The van der Waals surface area contributed by atoms with Crippen LogP contribution < -0.4 is 4.74 Å². The fraction of sp³-hybridized carbons (Fsp3) is 0.226. The third-order valence-corrected chi connectivity index (χ3v) is 6.43. The van der Waals surface area contributed by atoms with Gasteiger partial charge in [0.2, 0.25) is 0 Å². The van der Waals surface area contributed by atoms with Gasteiger partial charge in [0, 0.05) is 43.2 Å². The fourth-order valence-corrected chi connectivity index (χ4v) is 4.50. The van der Waals surface area contributed by atoms with Crippen molar-refractivity contribution in [3.05, 3.63) is 120 Å². The number of hydrogen-bond acceptors (Lipinski definition) is 4. The summed E-state index contributed by atoms with van der Waals surface area (Å²) < 4.78 is 25.5. The maximum atomic E-state index is 13.8. The molecule has 37 heavy (non-hydrogen) atoms. The van der Waals surface area contributed by atoms with Gasteiger partial charge in [0.25, 0.3) is 5.91 Å². The summed E-state index contributed by atoms with van der Waals surface area (Å²) in [5, 5.41) is 0. The highest BCUT2D eigenvalue weighted by atomic mass is 19.1. The molecule has 1 amide bonds. The van der Waals surface area contributed by atoms with Crippen molar-refractivity contribution in [2.24, 2.45) is 0 Å². The Morgan fingerprint density at radius 1 is 0.973 bits per heavy atom. The van der Waals surface area contributed by atoms with Crippen LogP contribution in [-0.2, 0) is 17.9 Å². The number of amides is 1. The standard InChI is InChI=1S/C31H29FN2O3/c32-28-9-2-7-26(18-28)25-6-1-8-27(17-25)31(35)34(21-30-10-4-16-36-30)20-23-11-13-29(14-12-23)37-22-24-5-3-15-33-19-24/h1-3,5-9,11-15,17-19,30H,4,10,16,20-22H2/t30-/m1/s1. The Morgan fingerprint density at radius 2 is 1.78 bits per heavy atom. The molecule has 0 aliphatic carbocycles. The maximum absolute atomic E-state index is 13.8. The highest BCUT2D eigenvalue weighted by Gasteiger charge is 2.24. The summed E-state index contributed by atoms with van der Waals surface area (Å²) in [5.41, 5.74) is 4.11. The van der Waals surface area contributed by atoms with Crippen LogP contribution in [0.4, 0.5) is 4.39 Å². The summed E-state index contributed by atoms with van der Waals surface area (Å²) in [5.74, 6) is 0.375. The van der Waals surface area contributed by atoms with Crippen LogP contribution in [0.15, 0.2) is 97.3 Å². The van der Waals surface area contributed by atoms with Gasteiger partial charge in [-0.05, 0) is 72.0 Å². The molecule has 1 aliphatic rings. The summed E-state index contributed by atoms with van der Waals surface area (Å²) in [7, 11) is 0. The molecule has 1 atom stereocenters. The van der Waals surface area contributed by atoms with Gasteiger partial charge in [0.1, 0.15) is 18.2 Å². The molecule has 0 spiro atoms. The Labute approximate surface area is 216 Å². The van der Waals surface area contributed by atoms with Crippen LogP contribution >= 0.6 is 0 Å². The molecule has 5 rings (SSSR count). The molecule has 6 heteroatoms. The summed E-state index contributed by atoms with van der Waals surface area (Å²) >= 11 is 0. The second-order valence-corrected chi connectivity index (χ2v) is 9.21. The molecular formula is C31H29FN2O3. The van der Waals surface area contributed by atoms with Gasteiger partial charge in [0.15, 0.2) is 0 Å². The van der Waals surface area contributed by atoms with Crippen LogP contribution in [0.2, 0.25) is 0 Å². The average molecular weight is 497 g/mol. The van der Waals surface area contributed by atoms with Gasteiger partial charge in [0.05, 0.1) is 6.10 Å². The monoisotopic (exact) mass is 496 g/mol. The zero-order valence-electron chi connectivity index (χ0n) is 20.6. The quantitative estimate of drug-likeness (QED) is 0.273. The highest BCUT2D eigenvalue weighted by molar-refractivity contribution is 5.95. The molecule has 2 heterocycles. The van der Waals surface area contributed by atoms with E-state index in [1.54, 1.807) is 18.5 Å². The molecule has 0 radical (unpaired) electrons. The molecule has 0 N–H and O–H groups in total. The molecule has 1 aromatic heterocycles. The Balaban J connectivity index is 1.31. The zero-order chi connectivity index (χ0) is 25.5. The lowest BCUT2D eigenvalue weighted by Crippen LogP contribution is -2.37. The molecule has 1 aliphatic heterocycles. The van der Waals surface area contributed by atoms with E-state index >= 15 is 0 Å². The van der Waals surface area contributed by atoms with Crippen LogP contribution in [-0.4, -0.2) is 35.0 Å². The molecule has 1 saturated heterocycles. The lowest BCUT2D eigenvalue weighted by molar-refractivity contribution is 0.0507. The second-order valence-electron chi connectivity index (χ2n) is 9.21. The molecule has 188 valence electrons. The number of ether oxygens (including phenoxy) is 2. The van der Waals surface area contributed by atoms with Gasteiger partial charge in [-0.2, -0.15) is 0 Å². The van der Waals surface area contributed by atoms with Crippen molar-refractivity contribution in [1.82, 2.24) is 9.88 Å². The van der Waals surface area contributed by atoms with E-state index in [1.165, 1.54) is 12.1 Å². The van der Waals surface area contributed by atoms with Crippen molar-refractivity contribution >= 4 is 5.91 Å². The van der Waals surface area contributed by atoms with E-state index < -0.39 is 0 Å². The Hall–Kier alpha value is -4.03. The van der Waals surface area contributed by atoms with Gasteiger partial charge in [-0.1, -0.05) is 42.5 Å². The maximum Gasteiger partial charge on any atom is 0.254 e. The number of carbonyl (C=O) groups excluding carboxylic acids is 1. The molecule has 0 unspecified atom stereocenters. The van der Waals surface area contributed by atoms with Crippen molar-refractivity contribution in [3.8, 4) is 16.9 Å². The largest absolute Gasteiger partial charge is 0.489 e. The van der Waals surface area contributed by atoms with Crippen LogP contribution in [0.3, 0.4) is 0 Å². The van der Waals surface area contributed by atoms with Crippen LogP contribution in [0.25, 0.3) is 11.1 Å². The summed E-state index contributed by atoms with van der Waals surface area (Å²) in [6, 6.07) is 25.4. The second kappa shape index (κ2) is 11.8. The van der Waals surface area contributed by atoms with E-state index in [0.29, 0.717) is 25.3 Å². The number of carbonyl (C=O) groups is 1. The van der Waals surface area contributed by atoms with Crippen molar-refractivity contribution in [1.29, 1.82) is 0 Å². The first-order valence-corrected chi connectivity index (χ1v) is 12.5. The lowest BCUT2D eigenvalue weighted by atomic mass is 10.0. The summed E-state index contributed by atoms with van der Waals surface area (Å²) in [6.07, 6.45) is 5.49. The van der Waals surface area contributed by atoms with E-state index in [0.717, 1.165) is 47.5 Å². The third kappa shape index (κ3) is 6.60. The van der Waals surface area contributed by atoms with E-state index in [2.05, 4.69) is 4.98 Å². The first-order chi connectivity index (χ1) is 18.1. The first kappa shape index (κ1) is 24.7. The SMILES string of the molecule is O=C(c1cccc(-c2cccc(F)c2)c1)N(Cc1ccc(OCc2cccnc2)cc1)C[C@H]1CCCO1. The Morgan fingerprint density at radius 3 is 2.51 bits per heavy atom. The van der Waals surface area contributed by atoms with Crippen molar-refractivity contribution < 1.29 is 18.7 Å². The number of benzene rings is 3. The third-order valence-electron chi connectivity index (χ3n) is 6.43. The van der Waals surface area contributed by atoms with Gasteiger partial charge in [-0.3, -0.25) is 9.78 Å². The number of halogens is 1. The number of hydrogen-bond donors (Lipinski definition) is 0. The number of nitrogens with zero attached hydrogens (tertiary/aromatic N) is 2. The van der Waals surface area contributed by atoms with Crippen molar-refractivity contribution in [2.75, 3.05) is 13.2 Å². The predicted molar refractivity (Wildman–Crippen MR) is 141 cm³/mol.